The number of nitrogens with zero attached hydrogens (tertiary/aromatic N) is 1. The molecule has 2 rings (SSSR count). The molecule has 0 amide bonds. The van der Waals surface area contributed by atoms with Crippen molar-refractivity contribution in [2.75, 3.05) is 0 Å². The van der Waals surface area contributed by atoms with Crippen LogP contribution in [0, 0.1) is 5.82 Å². The molecule has 3 nitrogen and oxygen atoms in total. The molecule has 0 bridgehead atoms. The Morgan fingerprint density at radius 3 is 2.38 bits per heavy atom. The van der Waals surface area contributed by atoms with Gasteiger partial charge in [-0.15, -0.1) is 13.2 Å². The van der Waals surface area contributed by atoms with E-state index in [4.69, 9.17) is 0 Å². The highest BCUT2D eigenvalue weighted by atomic mass is 19.4. The Morgan fingerprint density at radius 1 is 1.14 bits per heavy atom. The van der Waals surface area contributed by atoms with Crippen LogP contribution in [0.25, 0.3) is 0 Å². The Labute approximate surface area is 117 Å². The molecule has 0 spiro atoms. The molecular weight excluding hydrogens is 290 g/mol. The summed E-state index contributed by atoms with van der Waals surface area (Å²) in [5, 5.41) is 9.93. The van der Waals surface area contributed by atoms with Crippen molar-refractivity contribution in [2.24, 2.45) is 0 Å². The molecule has 0 fully saturated rings. The van der Waals surface area contributed by atoms with Gasteiger partial charge in [-0.25, -0.2) is 4.39 Å². The SMILES string of the molecule is OC(Cc1ccc(OC(F)(F)F)cc1)c1ccncc1F. The van der Waals surface area contributed by atoms with E-state index in [0.717, 1.165) is 18.3 Å². The van der Waals surface area contributed by atoms with Crippen LogP contribution in [0.1, 0.15) is 17.2 Å². The fraction of sp³-hybridized carbons (Fsp3) is 0.214. The highest BCUT2D eigenvalue weighted by Gasteiger charge is 2.30. The molecule has 1 atom stereocenters. The number of alkyl halides is 3. The van der Waals surface area contributed by atoms with Gasteiger partial charge in [-0.3, -0.25) is 4.98 Å². The average molecular weight is 301 g/mol. The zero-order chi connectivity index (χ0) is 15.5. The Morgan fingerprint density at radius 2 is 1.81 bits per heavy atom. The summed E-state index contributed by atoms with van der Waals surface area (Å²) in [5.74, 6) is -0.988. The number of hydrogen-bond donors (Lipinski definition) is 1. The number of halogens is 4. The summed E-state index contributed by atoms with van der Waals surface area (Å²) in [7, 11) is 0. The summed E-state index contributed by atoms with van der Waals surface area (Å²) in [5.41, 5.74) is 0.633. The van der Waals surface area contributed by atoms with Crippen molar-refractivity contribution in [3.63, 3.8) is 0 Å². The molecule has 0 aliphatic rings. The molecule has 21 heavy (non-hydrogen) atoms. The van der Waals surface area contributed by atoms with E-state index in [1.807, 2.05) is 0 Å². The highest BCUT2D eigenvalue weighted by Crippen LogP contribution is 2.25. The topological polar surface area (TPSA) is 42.4 Å². The standard InChI is InChI=1S/C14H11F4NO2/c15-12-8-19-6-5-11(12)13(20)7-9-1-3-10(4-2-9)21-14(16,17)18/h1-6,8,13,20H,7H2. The van der Waals surface area contributed by atoms with E-state index in [1.165, 1.54) is 24.4 Å². The third kappa shape index (κ3) is 4.42. The number of pyridine rings is 1. The number of benzene rings is 1. The summed E-state index contributed by atoms with van der Waals surface area (Å²) in [4.78, 5) is 3.57. The zero-order valence-electron chi connectivity index (χ0n) is 10.6. The molecule has 1 heterocycles. The van der Waals surface area contributed by atoms with Gasteiger partial charge in [-0.1, -0.05) is 12.1 Å². The second kappa shape index (κ2) is 6.09. The molecule has 1 unspecified atom stereocenters. The van der Waals surface area contributed by atoms with Crippen LogP contribution in [-0.2, 0) is 6.42 Å². The van der Waals surface area contributed by atoms with Crippen LogP contribution >= 0.6 is 0 Å². The molecule has 2 aromatic rings. The highest BCUT2D eigenvalue weighted by molar-refractivity contribution is 5.29. The number of aliphatic hydroxyl groups excluding tert-OH is 1. The fourth-order valence-corrected chi connectivity index (χ4v) is 1.82. The van der Waals surface area contributed by atoms with Crippen molar-refractivity contribution < 1.29 is 27.4 Å². The van der Waals surface area contributed by atoms with Gasteiger partial charge in [0.2, 0.25) is 0 Å². The molecule has 1 aromatic carbocycles. The number of aromatic nitrogens is 1. The van der Waals surface area contributed by atoms with Crippen molar-refractivity contribution in [3.05, 3.63) is 59.7 Å². The van der Waals surface area contributed by atoms with Crippen LogP contribution in [0.4, 0.5) is 17.6 Å². The van der Waals surface area contributed by atoms with Gasteiger partial charge in [0.05, 0.1) is 12.3 Å². The maximum atomic E-state index is 13.4. The molecule has 0 aliphatic heterocycles. The molecule has 0 radical (unpaired) electrons. The Balaban J connectivity index is 2.05. The predicted molar refractivity (Wildman–Crippen MR) is 66.0 cm³/mol. The minimum atomic E-state index is -4.75. The first-order valence-corrected chi connectivity index (χ1v) is 5.97. The van der Waals surface area contributed by atoms with E-state index in [0.29, 0.717) is 5.56 Å². The second-order valence-electron chi connectivity index (χ2n) is 4.31. The minimum absolute atomic E-state index is 0.0627. The zero-order valence-corrected chi connectivity index (χ0v) is 10.6. The van der Waals surface area contributed by atoms with Crippen molar-refractivity contribution in [3.8, 4) is 5.75 Å². The summed E-state index contributed by atoms with van der Waals surface area (Å²) in [6.07, 6.45) is -3.46. The molecular formula is C14H11F4NO2. The van der Waals surface area contributed by atoms with Gasteiger partial charge in [0.25, 0.3) is 0 Å². The Hall–Kier alpha value is -2.15. The largest absolute Gasteiger partial charge is 0.573 e. The first kappa shape index (κ1) is 15.2. The van der Waals surface area contributed by atoms with Crippen LogP contribution in [0.3, 0.4) is 0 Å². The molecule has 0 aliphatic carbocycles. The molecule has 7 heteroatoms. The summed E-state index contributed by atoms with van der Waals surface area (Å²) < 4.78 is 53.2. The van der Waals surface area contributed by atoms with E-state index in [2.05, 4.69) is 9.72 Å². The fourth-order valence-electron chi connectivity index (χ4n) is 1.82. The van der Waals surface area contributed by atoms with Gasteiger partial charge in [0.1, 0.15) is 11.6 Å². The molecule has 0 saturated heterocycles. The van der Waals surface area contributed by atoms with Crippen LogP contribution in [0.15, 0.2) is 42.7 Å². The van der Waals surface area contributed by atoms with E-state index in [1.54, 1.807) is 0 Å². The lowest BCUT2D eigenvalue weighted by Gasteiger charge is -2.13. The maximum absolute atomic E-state index is 13.4. The maximum Gasteiger partial charge on any atom is 0.573 e. The summed E-state index contributed by atoms with van der Waals surface area (Å²) in [6, 6.07) is 6.38. The summed E-state index contributed by atoms with van der Waals surface area (Å²) in [6.45, 7) is 0. The van der Waals surface area contributed by atoms with Crippen LogP contribution in [-0.4, -0.2) is 16.5 Å². The van der Waals surface area contributed by atoms with Gasteiger partial charge >= 0.3 is 6.36 Å². The number of rotatable bonds is 4. The smallest absolute Gasteiger partial charge is 0.406 e. The van der Waals surface area contributed by atoms with Crippen molar-refractivity contribution in [2.45, 2.75) is 18.9 Å². The van der Waals surface area contributed by atoms with Crippen molar-refractivity contribution >= 4 is 0 Å². The molecule has 1 N–H and O–H groups in total. The monoisotopic (exact) mass is 301 g/mol. The van der Waals surface area contributed by atoms with E-state index >= 15 is 0 Å². The summed E-state index contributed by atoms with van der Waals surface area (Å²) >= 11 is 0. The van der Waals surface area contributed by atoms with Gasteiger partial charge < -0.3 is 9.84 Å². The lowest BCUT2D eigenvalue weighted by molar-refractivity contribution is -0.274. The van der Waals surface area contributed by atoms with Crippen molar-refractivity contribution in [1.82, 2.24) is 4.98 Å². The van der Waals surface area contributed by atoms with Crippen LogP contribution < -0.4 is 4.74 Å². The minimum Gasteiger partial charge on any atom is -0.406 e. The molecule has 112 valence electrons. The van der Waals surface area contributed by atoms with Gasteiger partial charge in [0, 0.05) is 18.2 Å². The number of hydrogen-bond acceptors (Lipinski definition) is 3. The number of ether oxygens (including phenoxy) is 1. The van der Waals surface area contributed by atoms with E-state index < -0.39 is 18.3 Å². The predicted octanol–water partition coefficient (Wildman–Crippen LogP) is 3.40. The van der Waals surface area contributed by atoms with E-state index in [9.17, 15) is 22.7 Å². The average Bonchev–Trinajstić information content (AvgIpc) is 2.40. The number of aliphatic hydroxyl groups is 1. The second-order valence-corrected chi connectivity index (χ2v) is 4.31. The Bertz CT molecular complexity index is 599. The third-order valence-corrected chi connectivity index (χ3v) is 2.75. The molecule has 0 saturated carbocycles. The first-order chi connectivity index (χ1) is 9.85. The third-order valence-electron chi connectivity index (χ3n) is 2.75. The molecule has 1 aromatic heterocycles. The Kier molecular flexibility index (Phi) is 4.42. The van der Waals surface area contributed by atoms with Gasteiger partial charge in [-0.05, 0) is 23.8 Å². The van der Waals surface area contributed by atoms with E-state index in [-0.39, 0.29) is 17.7 Å². The van der Waals surface area contributed by atoms with Crippen LogP contribution in [0.2, 0.25) is 0 Å². The van der Waals surface area contributed by atoms with Crippen LogP contribution in [0.5, 0.6) is 5.75 Å². The lowest BCUT2D eigenvalue weighted by Crippen LogP contribution is -2.17. The first-order valence-electron chi connectivity index (χ1n) is 5.97. The van der Waals surface area contributed by atoms with Gasteiger partial charge in [0.15, 0.2) is 0 Å². The van der Waals surface area contributed by atoms with Gasteiger partial charge in [-0.2, -0.15) is 0 Å². The van der Waals surface area contributed by atoms with Crippen molar-refractivity contribution in [1.29, 1.82) is 0 Å². The lowest BCUT2D eigenvalue weighted by atomic mass is 10.0. The quantitative estimate of drug-likeness (QED) is 0.880. The normalized spacial score (nSPS) is 13.0.